The molecule has 6 nitrogen and oxygen atoms in total. The molecule has 0 bridgehead atoms. The zero-order valence-corrected chi connectivity index (χ0v) is 17.1. The molecule has 0 unspecified atom stereocenters. The van der Waals surface area contributed by atoms with Crippen molar-refractivity contribution in [2.75, 3.05) is 34.4 Å². The Bertz CT molecular complexity index is 1030. The monoisotopic (exact) mass is 425 g/mol. The lowest BCUT2D eigenvalue weighted by molar-refractivity contribution is 0.372. The van der Waals surface area contributed by atoms with Gasteiger partial charge in [-0.05, 0) is 30.2 Å². The molecule has 2 aromatic rings. The summed E-state index contributed by atoms with van der Waals surface area (Å²) in [4.78, 5) is -0.284. The van der Waals surface area contributed by atoms with E-state index in [1.807, 2.05) is 0 Å². The van der Waals surface area contributed by atoms with Gasteiger partial charge >= 0.3 is 0 Å². The predicted molar refractivity (Wildman–Crippen MR) is 104 cm³/mol. The molecule has 1 heterocycles. The van der Waals surface area contributed by atoms with Gasteiger partial charge in [0.15, 0.2) is 11.6 Å². The summed E-state index contributed by atoms with van der Waals surface area (Å²) in [6, 6.07) is 6.01. The van der Waals surface area contributed by atoms with Gasteiger partial charge in [-0.25, -0.2) is 17.2 Å². The molecule has 29 heavy (non-hydrogen) atoms. The highest BCUT2D eigenvalue weighted by atomic mass is 32.2. The molecule has 0 saturated heterocycles. The van der Waals surface area contributed by atoms with Crippen molar-refractivity contribution in [3.63, 3.8) is 0 Å². The summed E-state index contributed by atoms with van der Waals surface area (Å²) in [7, 11) is 0.645. The molecule has 0 aromatic heterocycles. The predicted octanol–water partition coefficient (Wildman–Crippen LogP) is 3.47. The van der Waals surface area contributed by atoms with Gasteiger partial charge in [-0.15, -0.1) is 0 Å². The van der Waals surface area contributed by atoms with Crippen LogP contribution in [0.2, 0.25) is 0 Å². The van der Waals surface area contributed by atoms with E-state index in [9.17, 15) is 17.2 Å². The summed E-state index contributed by atoms with van der Waals surface area (Å²) in [6.07, 6.45) is 2.15. The molecule has 0 fully saturated rings. The first-order chi connectivity index (χ1) is 13.8. The molecule has 2 aromatic carbocycles. The lowest BCUT2D eigenvalue weighted by atomic mass is 9.98. The second kappa shape index (κ2) is 8.38. The Morgan fingerprint density at radius 2 is 1.59 bits per heavy atom. The Kier molecular flexibility index (Phi) is 6.09. The van der Waals surface area contributed by atoms with Crippen molar-refractivity contribution in [1.82, 2.24) is 4.31 Å². The number of ether oxygens (including phenoxy) is 3. The van der Waals surface area contributed by atoms with E-state index < -0.39 is 21.7 Å². The highest BCUT2D eigenvalue weighted by Gasteiger charge is 2.29. The smallest absolute Gasteiger partial charge is 0.243 e. The van der Waals surface area contributed by atoms with E-state index in [1.165, 1.54) is 25.6 Å². The van der Waals surface area contributed by atoms with Crippen LogP contribution in [-0.4, -0.2) is 47.1 Å². The quantitative estimate of drug-likeness (QED) is 0.709. The van der Waals surface area contributed by atoms with E-state index in [4.69, 9.17) is 14.2 Å². The van der Waals surface area contributed by atoms with Crippen molar-refractivity contribution in [1.29, 1.82) is 0 Å². The highest BCUT2D eigenvalue weighted by Crippen LogP contribution is 2.41. The van der Waals surface area contributed by atoms with E-state index in [-0.39, 0.29) is 18.0 Å². The van der Waals surface area contributed by atoms with Crippen LogP contribution in [0.4, 0.5) is 8.78 Å². The Morgan fingerprint density at radius 1 is 0.931 bits per heavy atom. The van der Waals surface area contributed by atoms with Crippen molar-refractivity contribution >= 4 is 15.6 Å². The first kappa shape index (κ1) is 21.1. The van der Waals surface area contributed by atoms with Crippen molar-refractivity contribution in [2.24, 2.45) is 0 Å². The average molecular weight is 425 g/mol. The first-order valence-corrected chi connectivity index (χ1v) is 10.2. The molecule has 0 atom stereocenters. The molecule has 0 saturated carbocycles. The summed E-state index contributed by atoms with van der Waals surface area (Å²) >= 11 is 0. The Morgan fingerprint density at radius 3 is 2.07 bits per heavy atom. The third-order valence-electron chi connectivity index (χ3n) is 4.74. The lowest BCUT2D eigenvalue weighted by Crippen LogP contribution is -2.34. The normalized spacial score (nSPS) is 15.0. The summed E-state index contributed by atoms with van der Waals surface area (Å²) < 4.78 is 69.5. The van der Waals surface area contributed by atoms with Crippen LogP contribution in [0.5, 0.6) is 17.2 Å². The molecule has 0 amide bonds. The van der Waals surface area contributed by atoms with Gasteiger partial charge in [0.25, 0.3) is 0 Å². The van der Waals surface area contributed by atoms with Crippen molar-refractivity contribution in [3.8, 4) is 17.2 Å². The van der Waals surface area contributed by atoms with Gasteiger partial charge < -0.3 is 14.2 Å². The fraction of sp³-hybridized carbons (Fsp3) is 0.300. The zero-order chi connectivity index (χ0) is 21.2. The molecule has 3 rings (SSSR count). The number of methoxy groups -OCH3 is 3. The number of sulfonamides is 1. The Labute approximate surface area is 168 Å². The molecule has 156 valence electrons. The maximum absolute atomic E-state index is 13.5. The third-order valence-corrected chi connectivity index (χ3v) is 6.60. The summed E-state index contributed by atoms with van der Waals surface area (Å²) in [5.74, 6) is -0.634. The number of hydrogen-bond donors (Lipinski definition) is 0. The van der Waals surface area contributed by atoms with Gasteiger partial charge in [0, 0.05) is 25.2 Å². The number of benzene rings is 2. The van der Waals surface area contributed by atoms with E-state index in [0.717, 1.165) is 23.3 Å². The molecular formula is C20H21F2NO5S. The van der Waals surface area contributed by atoms with E-state index in [0.29, 0.717) is 29.7 Å². The average Bonchev–Trinajstić information content (AvgIpc) is 2.74. The topological polar surface area (TPSA) is 65.1 Å². The SMILES string of the molecule is COc1cc(OC)c(C2=CCN(S(=O)(=O)c3ccc(F)c(F)c3)CC2)c(OC)c1. The van der Waals surface area contributed by atoms with Crippen LogP contribution in [0, 0.1) is 11.6 Å². The van der Waals surface area contributed by atoms with Crippen LogP contribution in [0.25, 0.3) is 5.57 Å². The lowest BCUT2D eigenvalue weighted by Gasteiger charge is -2.27. The summed E-state index contributed by atoms with van der Waals surface area (Å²) in [6.45, 7) is 0.250. The molecular weight excluding hydrogens is 404 g/mol. The number of nitrogens with zero attached hydrogens (tertiary/aromatic N) is 1. The number of rotatable bonds is 6. The van der Waals surface area contributed by atoms with Gasteiger partial charge in [0.05, 0.1) is 31.8 Å². The second-order valence-corrected chi connectivity index (χ2v) is 8.26. The summed E-state index contributed by atoms with van der Waals surface area (Å²) in [5.41, 5.74) is 1.58. The highest BCUT2D eigenvalue weighted by molar-refractivity contribution is 7.89. The van der Waals surface area contributed by atoms with Crippen molar-refractivity contribution in [2.45, 2.75) is 11.3 Å². The van der Waals surface area contributed by atoms with Crippen LogP contribution in [0.15, 0.2) is 41.3 Å². The van der Waals surface area contributed by atoms with Crippen molar-refractivity contribution in [3.05, 3.63) is 53.6 Å². The van der Waals surface area contributed by atoms with Gasteiger partial charge in [-0.2, -0.15) is 4.31 Å². The molecule has 1 aliphatic heterocycles. The van der Waals surface area contributed by atoms with Crippen LogP contribution < -0.4 is 14.2 Å². The van der Waals surface area contributed by atoms with Crippen LogP contribution in [0.3, 0.4) is 0 Å². The minimum atomic E-state index is -3.95. The molecule has 9 heteroatoms. The molecule has 1 aliphatic rings. The van der Waals surface area contributed by atoms with Gasteiger partial charge in [-0.3, -0.25) is 0 Å². The van der Waals surface area contributed by atoms with Crippen LogP contribution in [0.1, 0.15) is 12.0 Å². The van der Waals surface area contributed by atoms with E-state index in [1.54, 1.807) is 18.2 Å². The van der Waals surface area contributed by atoms with Crippen LogP contribution >= 0.6 is 0 Å². The van der Waals surface area contributed by atoms with E-state index in [2.05, 4.69) is 0 Å². The first-order valence-electron chi connectivity index (χ1n) is 8.76. The molecule has 0 spiro atoms. The fourth-order valence-electron chi connectivity index (χ4n) is 3.20. The van der Waals surface area contributed by atoms with Crippen molar-refractivity contribution < 1.29 is 31.4 Å². The number of hydrogen-bond acceptors (Lipinski definition) is 5. The molecule has 0 aliphatic carbocycles. The second-order valence-electron chi connectivity index (χ2n) is 6.33. The Balaban J connectivity index is 1.92. The number of halogens is 2. The molecule has 0 radical (unpaired) electrons. The largest absolute Gasteiger partial charge is 0.496 e. The maximum Gasteiger partial charge on any atom is 0.243 e. The van der Waals surface area contributed by atoms with Crippen LogP contribution in [-0.2, 0) is 10.0 Å². The fourth-order valence-corrected chi connectivity index (χ4v) is 4.60. The zero-order valence-electron chi connectivity index (χ0n) is 16.2. The maximum atomic E-state index is 13.5. The van der Waals surface area contributed by atoms with Gasteiger partial charge in [0.2, 0.25) is 10.0 Å². The Hall–Kier alpha value is -2.65. The molecule has 0 N–H and O–H groups in total. The van der Waals surface area contributed by atoms with E-state index >= 15 is 0 Å². The minimum absolute atomic E-state index is 0.0784. The summed E-state index contributed by atoms with van der Waals surface area (Å²) in [5, 5.41) is 0. The van der Waals surface area contributed by atoms with Gasteiger partial charge in [-0.1, -0.05) is 6.08 Å². The minimum Gasteiger partial charge on any atom is -0.496 e. The standard InChI is InChI=1S/C20H21F2NO5S/c1-26-14-10-18(27-2)20(19(11-14)28-3)13-6-8-23(9-7-13)29(24,25)15-4-5-16(21)17(22)12-15/h4-6,10-12H,7-9H2,1-3H3. The van der Waals surface area contributed by atoms with Gasteiger partial charge in [0.1, 0.15) is 17.2 Å². The third kappa shape index (κ3) is 4.06.